The zero-order valence-corrected chi connectivity index (χ0v) is 15.1. The highest BCUT2D eigenvalue weighted by Gasteiger charge is 2.17. The van der Waals surface area contributed by atoms with Gasteiger partial charge in [-0.2, -0.15) is 0 Å². The van der Waals surface area contributed by atoms with Gasteiger partial charge in [-0.15, -0.1) is 0 Å². The highest BCUT2D eigenvalue weighted by molar-refractivity contribution is 6.02. The first-order chi connectivity index (χ1) is 12.1. The van der Waals surface area contributed by atoms with Crippen LogP contribution in [0.2, 0.25) is 0 Å². The van der Waals surface area contributed by atoms with Crippen LogP contribution in [-0.2, 0) is 16.0 Å². The summed E-state index contributed by atoms with van der Waals surface area (Å²) in [5.41, 5.74) is 2.24. The molecule has 0 atom stereocenters. The Morgan fingerprint density at radius 3 is 2.56 bits per heavy atom. The number of hydrogen-bond donors (Lipinski definition) is 1. The molecule has 0 aliphatic heterocycles. The molecule has 0 fully saturated rings. The molecule has 0 unspecified atom stereocenters. The Labute approximate surface area is 147 Å². The third-order valence-corrected chi connectivity index (χ3v) is 4.11. The summed E-state index contributed by atoms with van der Waals surface area (Å²) in [7, 11) is 3.13. The molecule has 0 saturated carbocycles. The number of methoxy groups -OCH3 is 2. The number of carboxylic acid groups (broad SMARTS) is 1. The Kier molecular flexibility index (Phi) is 6.42. The van der Waals surface area contributed by atoms with Crippen LogP contribution in [0.5, 0.6) is 11.5 Å². The van der Waals surface area contributed by atoms with Crippen molar-refractivity contribution in [1.82, 2.24) is 0 Å². The van der Waals surface area contributed by atoms with Crippen molar-refractivity contribution in [3.8, 4) is 11.5 Å². The highest BCUT2D eigenvalue weighted by Crippen LogP contribution is 2.41. The fourth-order valence-corrected chi connectivity index (χ4v) is 2.85. The van der Waals surface area contributed by atoms with Crippen LogP contribution in [0.1, 0.15) is 31.4 Å². The van der Waals surface area contributed by atoms with Crippen LogP contribution < -0.4 is 9.47 Å². The van der Waals surface area contributed by atoms with Crippen molar-refractivity contribution in [3.63, 3.8) is 0 Å². The minimum atomic E-state index is -0.916. The van der Waals surface area contributed by atoms with E-state index in [1.54, 1.807) is 20.3 Å². The summed E-state index contributed by atoms with van der Waals surface area (Å²) < 4.78 is 16.3. The van der Waals surface area contributed by atoms with Gasteiger partial charge in [-0.1, -0.05) is 32.0 Å². The smallest absolute Gasteiger partial charge is 0.331 e. The fraction of sp³-hybridized carbons (Fsp3) is 0.350. The maximum atomic E-state index is 11.4. The van der Waals surface area contributed by atoms with Gasteiger partial charge in [-0.3, -0.25) is 0 Å². The van der Waals surface area contributed by atoms with Crippen LogP contribution in [0.25, 0.3) is 16.8 Å². The normalized spacial score (nSPS) is 11.6. The van der Waals surface area contributed by atoms with E-state index in [4.69, 9.17) is 14.2 Å². The molecule has 0 aromatic heterocycles. The van der Waals surface area contributed by atoms with E-state index in [1.165, 1.54) is 0 Å². The lowest BCUT2D eigenvalue weighted by Crippen LogP contribution is -2.04. The minimum Gasteiger partial charge on any atom is -0.493 e. The van der Waals surface area contributed by atoms with Crippen LogP contribution in [-0.4, -0.2) is 32.1 Å². The molecule has 5 nitrogen and oxygen atoms in total. The van der Waals surface area contributed by atoms with Crippen molar-refractivity contribution in [1.29, 1.82) is 0 Å². The molecular weight excluding hydrogens is 320 g/mol. The Bertz CT molecular complexity index is 792. The second kappa shape index (κ2) is 8.53. The SMILES string of the molecule is CC/C(=C/c1cc(OC)c(OCOC)c2c(CC)cccc12)C(=O)O. The van der Waals surface area contributed by atoms with E-state index in [1.807, 2.05) is 31.2 Å². The van der Waals surface area contributed by atoms with E-state index < -0.39 is 5.97 Å². The number of aliphatic carboxylic acids is 1. The van der Waals surface area contributed by atoms with Crippen LogP contribution in [0.15, 0.2) is 29.8 Å². The lowest BCUT2D eigenvalue weighted by atomic mass is 9.95. The number of carbonyl (C=O) groups is 1. The maximum Gasteiger partial charge on any atom is 0.331 e. The zero-order chi connectivity index (χ0) is 18.4. The fourth-order valence-electron chi connectivity index (χ4n) is 2.85. The molecule has 5 heteroatoms. The van der Waals surface area contributed by atoms with Crippen LogP contribution in [0, 0.1) is 0 Å². The molecule has 2 rings (SSSR count). The van der Waals surface area contributed by atoms with Gasteiger partial charge >= 0.3 is 5.97 Å². The van der Waals surface area contributed by atoms with Gasteiger partial charge in [0.25, 0.3) is 0 Å². The molecule has 0 radical (unpaired) electrons. The van der Waals surface area contributed by atoms with E-state index in [0.717, 1.165) is 28.3 Å². The van der Waals surface area contributed by atoms with Crippen molar-refractivity contribution in [2.75, 3.05) is 21.0 Å². The van der Waals surface area contributed by atoms with Crippen molar-refractivity contribution >= 4 is 22.8 Å². The quantitative estimate of drug-likeness (QED) is 0.572. The molecule has 25 heavy (non-hydrogen) atoms. The minimum absolute atomic E-state index is 0.105. The number of hydrogen-bond acceptors (Lipinski definition) is 4. The van der Waals surface area contributed by atoms with Gasteiger partial charge in [0.15, 0.2) is 18.3 Å². The van der Waals surface area contributed by atoms with Crippen molar-refractivity contribution in [3.05, 3.63) is 41.0 Å². The first kappa shape index (κ1) is 18.8. The largest absolute Gasteiger partial charge is 0.493 e. The Balaban J connectivity index is 2.83. The molecule has 2 aromatic carbocycles. The summed E-state index contributed by atoms with van der Waals surface area (Å²) in [5, 5.41) is 11.2. The number of aryl methyl sites for hydroxylation is 1. The summed E-state index contributed by atoms with van der Waals surface area (Å²) in [6.45, 7) is 4.00. The summed E-state index contributed by atoms with van der Waals surface area (Å²) in [6, 6.07) is 7.78. The molecular formula is C20H24O5. The van der Waals surface area contributed by atoms with Crippen molar-refractivity contribution in [2.24, 2.45) is 0 Å². The number of benzene rings is 2. The summed E-state index contributed by atoms with van der Waals surface area (Å²) in [5.74, 6) is 0.251. The maximum absolute atomic E-state index is 11.4. The third kappa shape index (κ3) is 3.94. The number of carboxylic acids is 1. The Hall–Kier alpha value is -2.53. The summed E-state index contributed by atoms with van der Waals surface area (Å²) in [6.07, 6.45) is 2.96. The zero-order valence-electron chi connectivity index (χ0n) is 15.1. The standard InChI is InChI=1S/C20H24O5/c1-5-13-8-7-9-16-15(10-14(6-2)20(21)22)11-17(24-4)19(18(13)16)25-12-23-3/h7-11H,5-6,12H2,1-4H3,(H,21,22)/b14-10-. The topological polar surface area (TPSA) is 65.0 Å². The summed E-state index contributed by atoms with van der Waals surface area (Å²) >= 11 is 0. The number of rotatable bonds is 8. The average Bonchev–Trinajstić information content (AvgIpc) is 2.63. The molecule has 0 spiro atoms. The van der Waals surface area contributed by atoms with Gasteiger partial charge < -0.3 is 19.3 Å². The predicted molar refractivity (Wildman–Crippen MR) is 98.3 cm³/mol. The van der Waals surface area contributed by atoms with Gasteiger partial charge in [0.05, 0.1) is 7.11 Å². The number of ether oxygens (including phenoxy) is 3. The van der Waals surface area contributed by atoms with Gasteiger partial charge in [0, 0.05) is 18.1 Å². The van der Waals surface area contributed by atoms with Crippen LogP contribution in [0.3, 0.4) is 0 Å². The first-order valence-corrected chi connectivity index (χ1v) is 8.25. The molecule has 134 valence electrons. The lowest BCUT2D eigenvalue weighted by Gasteiger charge is -2.17. The molecule has 0 saturated heterocycles. The monoisotopic (exact) mass is 344 g/mol. The molecule has 2 aromatic rings. The van der Waals surface area contributed by atoms with Crippen LogP contribution in [0.4, 0.5) is 0 Å². The second-order valence-electron chi connectivity index (χ2n) is 5.57. The lowest BCUT2D eigenvalue weighted by molar-refractivity contribution is -0.132. The molecule has 0 heterocycles. The van der Waals surface area contributed by atoms with Crippen molar-refractivity contribution < 1.29 is 24.1 Å². The third-order valence-electron chi connectivity index (χ3n) is 4.11. The van der Waals surface area contributed by atoms with Gasteiger partial charge in [-0.05, 0) is 41.5 Å². The highest BCUT2D eigenvalue weighted by atomic mass is 16.7. The van der Waals surface area contributed by atoms with Gasteiger partial charge in [-0.25, -0.2) is 4.79 Å². The Morgan fingerprint density at radius 1 is 1.24 bits per heavy atom. The van der Waals surface area contributed by atoms with E-state index in [-0.39, 0.29) is 6.79 Å². The predicted octanol–water partition coefficient (Wildman–Crippen LogP) is 4.27. The molecule has 0 aliphatic carbocycles. The van der Waals surface area contributed by atoms with E-state index >= 15 is 0 Å². The summed E-state index contributed by atoms with van der Waals surface area (Å²) in [4.78, 5) is 11.4. The van der Waals surface area contributed by atoms with E-state index in [9.17, 15) is 9.90 Å². The van der Waals surface area contributed by atoms with Crippen LogP contribution >= 0.6 is 0 Å². The number of fused-ring (bicyclic) bond motifs is 1. The van der Waals surface area contributed by atoms with Gasteiger partial charge in [0.1, 0.15) is 0 Å². The van der Waals surface area contributed by atoms with E-state index in [0.29, 0.717) is 23.5 Å². The van der Waals surface area contributed by atoms with Gasteiger partial charge in [0.2, 0.25) is 0 Å². The molecule has 0 aliphatic rings. The van der Waals surface area contributed by atoms with Crippen molar-refractivity contribution in [2.45, 2.75) is 26.7 Å². The average molecular weight is 344 g/mol. The van der Waals surface area contributed by atoms with E-state index in [2.05, 4.69) is 6.92 Å². The Morgan fingerprint density at radius 2 is 2.00 bits per heavy atom. The molecule has 1 N–H and O–H groups in total. The molecule has 0 bridgehead atoms. The first-order valence-electron chi connectivity index (χ1n) is 8.25. The molecule has 0 amide bonds. The second-order valence-corrected chi connectivity index (χ2v) is 5.57.